The highest BCUT2D eigenvalue weighted by molar-refractivity contribution is 9.10. The number of ketones is 1. The molecule has 0 aliphatic heterocycles. The van der Waals surface area contributed by atoms with Gasteiger partial charge in [-0.05, 0) is 51.8 Å². The third-order valence-corrected chi connectivity index (χ3v) is 4.50. The van der Waals surface area contributed by atoms with Gasteiger partial charge in [-0.2, -0.15) is 0 Å². The number of carbonyl (C=O) groups is 2. The summed E-state index contributed by atoms with van der Waals surface area (Å²) in [6, 6.07) is 6.70. The number of hydrogen-bond donors (Lipinski definition) is 2. The van der Waals surface area contributed by atoms with E-state index in [0.29, 0.717) is 26.6 Å². The number of hydrogen-bond acceptors (Lipinski definition) is 2. The SMILES string of the molecule is O=C(c1ccc[nH]1)c1ccc2[nH]c(C(=O)Cl)c(Br)c2c1Cl. The maximum Gasteiger partial charge on any atom is 0.269 e. The molecule has 0 bridgehead atoms. The quantitative estimate of drug-likeness (QED) is 0.514. The van der Waals surface area contributed by atoms with Crippen LogP contribution < -0.4 is 0 Å². The van der Waals surface area contributed by atoms with Crippen molar-refractivity contribution in [3.05, 3.63) is 56.9 Å². The zero-order chi connectivity index (χ0) is 15.1. The first kappa shape index (κ1) is 14.4. The Morgan fingerprint density at radius 3 is 2.57 bits per heavy atom. The normalized spacial score (nSPS) is 11.0. The van der Waals surface area contributed by atoms with Crippen LogP contribution in [0.3, 0.4) is 0 Å². The summed E-state index contributed by atoms with van der Waals surface area (Å²) < 4.78 is 0.448. The maximum absolute atomic E-state index is 12.4. The van der Waals surface area contributed by atoms with Gasteiger partial charge in [0.05, 0.1) is 15.2 Å². The number of H-pyrrole nitrogens is 2. The van der Waals surface area contributed by atoms with Crippen LogP contribution in [0.25, 0.3) is 10.9 Å². The summed E-state index contributed by atoms with van der Waals surface area (Å²) in [6.07, 6.45) is 1.66. The molecule has 1 aromatic carbocycles. The second-order valence-electron chi connectivity index (χ2n) is 4.35. The summed E-state index contributed by atoms with van der Waals surface area (Å²) in [7, 11) is 0. The minimum absolute atomic E-state index is 0.207. The van der Waals surface area contributed by atoms with Gasteiger partial charge in [-0.25, -0.2) is 0 Å². The summed E-state index contributed by atoms with van der Waals surface area (Å²) in [6.45, 7) is 0. The number of aromatic amines is 2. The monoisotopic (exact) mass is 384 g/mol. The lowest BCUT2D eigenvalue weighted by molar-refractivity contribution is 0.103. The molecule has 0 saturated heterocycles. The van der Waals surface area contributed by atoms with Gasteiger partial charge < -0.3 is 9.97 Å². The Hall–Kier alpha value is -1.56. The van der Waals surface area contributed by atoms with Gasteiger partial charge in [-0.1, -0.05) is 11.6 Å². The lowest BCUT2D eigenvalue weighted by atomic mass is 10.1. The average Bonchev–Trinajstić information content (AvgIpc) is 3.06. The van der Waals surface area contributed by atoms with E-state index in [0.717, 1.165) is 0 Å². The molecular formula is C14H7BrCl2N2O2. The van der Waals surface area contributed by atoms with Crippen LogP contribution in [0, 0.1) is 0 Å². The van der Waals surface area contributed by atoms with Crippen LogP contribution in [0.2, 0.25) is 5.02 Å². The van der Waals surface area contributed by atoms with E-state index in [1.54, 1.807) is 30.5 Å². The summed E-state index contributed by atoms with van der Waals surface area (Å²) >= 11 is 15.1. The lowest BCUT2D eigenvalue weighted by Gasteiger charge is -2.04. The van der Waals surface area contributed by atoms with E-state index in [1.807, 2.05) is 0 Å². The molecule has 0 atom stereocenters. The number of nitrogens with one attached hydrogen (secondary N) is 2. The average molecular weight is 386 g/mol. The first-order chi connectivity index (χ1) is 10.0. The van der Waals surface area contributed by atoms with Crippen molar-refractivity contribution in [1.29, 1.82) is 0 Å². The number of carbonyl (C=O) groups excluding carboxylic acids is 2. The molecule has 2 heterocycles. The molecule has 0 saturated carbocycles. The van der Waals surface area contributed by atoms with E-state index < -0.39 is 5.24 Å². The topological polar surface area (TPSA) is 65.7 Å². The van der Waals surface area contributed by atoms with E-state index in [1.165, 1.54) is 0 Å². The third-order valence-electron chi connectivity index (χ3n) is 3.12. The zero-order valence-corrected chi connectivity index (χ0v) is 13.4. The van der Waals surface area contributed by atoms with Crippen LogP contribution in [0.15, 0.2) is 34.9 Å². The smallest absolute Gasteiger partial charge is 0.269 e. The number of halogens is 3. The van der Waals surface area contributed by atoms with Crippen molar-refractivity contribution >= 4 is 61.1 Å². The molecule has 0 radical (unpaired) electrons. The van der Waals surface area contributed by atoms with Crippen molar-refractivity contribution in [3.8, 4) is 0 Å². The van der Waals surface area contributed by atoms with Crippen LogP contribution in [0.1, 0.15) is 26.5 Å². The molecule has 0 unspecified atom stereocenters. The van der Waals surface area contributed by atoms with Gasteiger partial charge in [0.2, 0.25) is 5.78 Å². The van der Waals surface area contributed by atoms with E-state index in [-0.39, 0.29) is 16.5 Å². The predicted octanol–water partition coefficient (Wildman–Crippen LogP) is 4.52. The van der Waals surface area contributed by atoms with Crippen LogP contribution in [-0.2, 0) is 0 Å². The Balaban J connectivity index is 2.23. The maximum atomic E-state index is 12.4. The highest BCUT2D eigenvalue weighted by Gasteiger charge is 2.21. The first-order valence-electron chi connectivity index (χ1n) is 5.88. The molecule has 21 heavy (non-hydrogen) atoms. The molecule has 0 amide bonds. The fourth-order valence-electron chi connectivity index (χ4n) is 2.14. The molecule has 3 aromatic rings. The molecular weight excluding hydrogens is 379 g/mol. The Morgan fingerprint density at radius 1 is 1.19 bits per heavy atom. The van der Waals surface area contributed by atoms with E-state index >= 15 is 0 Å². The standard InChI is InChI=1S/C14H7BrCl2N2O2/c15-10-9-7(19-12(10)14(17)21)4-3-6(11(9)16)13(20)8-2-1-5-18-8/h1-5,18-19H. The van der Waals surface area contributed by atoms with Crippen molar-refractivity contribution in [1.82, 2.24) is 9.97 Å². The molecule has 2 N–H and O–H groups in total. The van der Waals surface area contributed by atoms with Crippen LogP contribution in [0.5, 0.6) is 0 Å². The fourth-order valence-corrected chi connectivity index (χ4v) is 3.54. The Kier molecular flexibility index (Phi) is 3.65. The van der Waals surface area contributed by atoms with Gasteiger partial charge in [0.1, 0.15) is 5.69 Å². The Labute approximate surface area is 137 Å². The van der Waals surface area contributed by atoms with Crippen molar-refractivity contribution in [2.24, 2.45) is 0 Å². The molecule has 106 valence electrons. The van der Waals surface area contributed by atoms with Gasteiger partial charge in [-0.15, -0.1) is 0 Å². The van der Waals surface area contributed by atoms with E-state index in [4.69, 9.17) is 23.2 Å². The van der Waals surface area contributed by atoms with Crippen LogP contribution >= 0.6 is 39.1 Å². The number of fused-ring (bicyclic) bond motifs is 1. The minimum atomic E-state index is -0.633. The van der Waals surface area contributed by atoms with Gasteiger partial charge in [-0.3, -0.25) is 9.59 Å². The molecule has 0 spiro atoms. The number of aromatic nitrogens is 2. The van der Waals surface area contributed by atoms with Gasteiger partial charge in [0.25, 0.3) is 5.24 Å². The second kappa shape index (κ2) is 5.33. The molecule has 2 aromatic heterocycles. The van der Waals surface area contributed by atoms with Crippen LogP contribution in [-0.4, -0.2) is 21.0 Å². The number of rotatable bonds is 3. The molecule has 0 fully saturated rings. The second-order valence-corrected chi connectivity index (χ2v) is 5.86. The molecule has 4 nitrogen and oxygen atoms in total. The molecule has 7 heteroatoms. The van der Waals surface area contributed by atoms with Crippen molar-refractivity contribution in [3.63, 3.8) is 0 Å². The van der Waals surface area contributed by atoms with Gasteiger partial charge in [0.15, 0.2) is 0 Å². The Bertz CT molecular complexity index is 869. The third kappa shape index (κ3) is 2.31. The van der Waals surface area contributed by atoms with Crippen LogP contribution in [0.4, 0.5) is 0 Å². The Morgan fingerprint density at radius 2 is 1.95 bits per heavy atom. The van der Waals surface area contributed by atoms with E-state index in [9.17, 15) is 9.59 Å². The highest BCUT2D eigenvalue weighted by atomic mass is 79.9. The van der Waals surface area contributed by atoms with Crippen molar-refractivity contribution in [2.75, 3.05) is 0 Å². The fraction of sp³-hybridized carbons (Fsp3) is 0. The van der Waals surface area contributed by atoms with Gasteiger partial charge in [0, 0.05) is 22.7 Å². The predicted molar refractivity (Wildman–Crippen MR) is 85.4 cm³/mol. The first-order valence-corrected chi connectivity index (χ1v) is 7.43. The van der Waals surface area contributed by atoms with Gasteiger partial charge >= 0.3 is 0 Å². The summed E-state index contributed by atoms with van der Waals surface area (Å²) in [5.74, 6) is -0.223. The summed E-state index contributed by atoms with van der Waals surface area (Å²) in [5.41, 5.74) is 1.62. The van der Waals surface area contributed by atoms with Crippen molar-refractivity contribution in [2.45, 2.75) is 0 Å². The minimum Gasteiger partial charge on any atom is -0.359 e. The molecule has 0 aliphatic rings. The largest absolute Gasteiger partial charge is 0.359 e. The molecule has 0 aliphatic carbocycles. The molecule has 3 rings (SSSR count). The summed E-state index contributed by atoms with van der Waals surface area (Å²) in [4.78, 5) is 29.5. The summed E-state index contributed by atoms with van der Waals surface area (Å²) in [5, 5.41) is 0.184. The van der Waals surface area contributed by atoms with E-state index in [2.05, 4.69) is 25.9 Å². The highest BCUT2D eigenvalue weighted by Crippen LogP contribution is 2.36. The lowest BCUT2D eigenvalue weighted by Crippen LogP contribution is -2.02. The number of benzene rings is 1. The van der Waals surface area contributed by atoms with Crippen molar-refractivity contribution < 1.29 is 9.59 Å². The zero-order valence-electron chi connectivity index (χ0n) is 10.3.